The molecule has 0 amide bonds. The van der Waals surface area contributed by atoms with Gasteiger partial charge in [0.05, 0.1) is 12.7 Å². The fourth-order valence-corrected chi connectivity index (χ4v) is 3.69. The fraction of sp³-hybridized carbons (Fsp3) is 0.333. The van der Waals surface area contributed by atoms with Gasteiger partial charge in [-0.25, -0.2) is 8.78 Å². The molecule has 142 valence electrons. The summed E-state index contributed by atoms with van der Waals surface area (Å²) in [4.78, 5) is 2.23. The molecule has 6 heteroatoms. The molecule has 0 saturated heterocycles. The van der Waals surface area contributed by atoms with Crippen molar-refractivity contribution in [3.63, 3.8) is 0 Å². The topological polar surface area (TPSA) is 36.5 Å². The molecule has 2 aromatic carbocycles. The molecule has 2 heterocycles. The zero-order valence-electron chi connectivity index (χ0n) is 15.1. The third kappa shape index (κ3) is 4.06. The first kappa shape index (κ1) is 17.8. The molecule has 0 radical (unpaired) electrons. The third-order valence-electron chi connectivity index (χ3n) is 5.03. The van der Waals surface area contributed by atoms with E-state index in [4.69, 9.17) is 4.74 Å². The maximum absolute atomic E-state index is 13.8. The summed E-state index contributed by atoms with van der Waals surface area (Å²) in [7, 11) is 0. The van der Waals surface area contributed by atoms with Gasteiger partial charge in [0.25, 0.3) is 0 Å². The van der Waals surface area contributed by atoms with Crippen LogP contribution in [-0.2, 0) is 13.0 Å². The minimum Gasteiger partial charge on any atom is -0.488 e. The number of nitrogens with zero attached hydrogens (tertiary/aromatic N) is 1. The lowest BCUT2D eigenvalue weighted by Crippen LogP contribution is -2.43. The van der Waals surface area contributed by atoms with Crippen molar-refractivity contribution in [2.75, 3.05) is 19.8 Å². The van der Waals surface area contributed by atoms with E-state index in [2.05, 4.69) is 27.7 Å². The van der Waals surface area contributed by atoms with Gasteiger partial charge in [-0.2, -0.15) is 0 Å². The zero-order chi connectivity index (χ0) is 18.6. The number of benzene rings is 2. The van der Waals surface area contributed by atoms with Crippen molar-refractivity contribution in [3.05, 3.63) is 77.1 Å². The SMILES string of the molecule is Fc1cc(F)c2c(c1)CC(N1CNC=C1CCNCc1ccccc1)CO2. The molecule has 27 heavy (non-hydrogen) atoms. The molecule has 4 rings (SSSR count). The normalized spacial score (nSPS) is 18.5. The van der Waals surface area contributed by atoms with E-state index in [0.29, 0.717) is 25.3 Å². The Morgan fingerprint density at radius 2 is 2.04 bits per heavy atom. The van der Waals surface area contributed by atoms with Crippen LogP contribution in [0.4, 0.5) is 8.78 Å². The Morgan fingerprint density at radius 3 is 2.89 bits per heavy atom. The zero-order valence-corrected chi connectivity index (χ0v) is 15.1. The molecular formula is C21H23F2N3O. The fourth-order valence-electron chi connectivity index (χ4n) is 3.69. The number of nitrogens with one attached hydrogen (secondary N) is 2. The highest BCUT2D eigenvalue weighted by Gasteiger charge is 2.30. The maximum atomic E-state index is 13.8. The van der Waals surface area contributed by atoms with Crippen LogP contribution in [0.3, 0.4) is 0 Å². The van der Waals surface area contributed by atoms with Crippen molar-refractivity contribution in [3.8, 4) is 5.75 Å². The van der Waals surface area contributed by atoms with Gasteiger partial charge in [-0.05, 0) is 18.1 Å². The average Bonchev–Trinajstić information content (AvgIpc) is 3.14. The third-order valence-corrected chi connectivity index (χ3v) is 5.03. The Morgan fingerprint density at radius 1 is 1.19 bits per heavy atom. The first-order chi connectivity index (χ1) is 13.2. The van der Waals surface area contributed by atoms with Crippen molar-refractivity contribution in [1.29, 1.82) is 0 Å². The van der Waals surface area contributed by atoms with Crippen LogP contribution < -0.4 is 15.4 Å². The molecule has 1 unspecified atom stereocenters. The van der Waals surface area contributed by atoms with Gasteiger partial charge in [-0.15, -0.1) is 0 Å². The summed E-state index contributed by atoms with van der Waals surface area (Å²) in [6.45, 7) is 2.77. The minimum atomic E-state index is -0.621. The van der Waals surface area contributed by atoms with Crippen LogP contribution in [-0.4, -0.2) is 30.8 Å². The predicted octanol–water partition coefficient (Wildman–Crippen LogP) is 3.15. The number of ether oxygens (including phenoxy) is 1. The van der Waals surface area contributed by atoms with Crippen molar-refractivity contribution >= 4 is 0 Å². The second kappa shape index (κ2) is 7.96. The van der Waals surface area contributed by atoms with Crippen molar-refractivity contribution in [1.82, 2.24) is 15.5 Å². The monoisotopic (exact) mass is 371 g/mol. The van der Waals surface area contributed by atoms with Gasteiger partial charge in [0.15, 0.2) is 11.6 Å². The Kier molecular flexibility index (Phi) is 5.25. The predicted molar refractivity (Wildman–Crippen MR) is 100 cm³/mol. The Balaban J connectivity index is 1.33. The lowest BCUT2D eigenvalue weighted by Gasteiger charge is -2.35. The molecule has 2 aliphatic rings. The minimum absolute atomic E-state index is 0.0640. The highest BCUT2D eigenvalue weighted by atomic mass is 19.1. The van der Waals surface area contributed by atoms with Crippen molar-refractivity contribution in [2.24, 2.45) is 0 Å². The molecule has 1 atom stereocenters. The molecule has 0 bridgehead atoms. The van der Waals surface area contributed by atoms with E-state index in [1.165, 1.54) is 17.3 Å². The van der Waals surface area contributed by atoms with Gasteiger partial charge in [0, 0.05) is 43.0 Å². The van der Waals surface area contributed by atoms with E-state index < -0.39 is 11.6 Å². The summed E-state index contributed by atoms with van der Waals surface area (Å²) < 4.78 is 33.0. The molecular weight excluding hydrogens is 348 g/mol. The number of hydrogen-bond donors (Lipinski definition) is 2. The second-order valence-corrected chi connectivity index (χ2v) is 6.92. The number of hydrogen-bond acceptors (Lipinski definition) is 4. The summed E-state index contributed by atoms with van der Waals surface area (Å²) in [5, 5.41) is 6.71. The van der Waals surface area contributed by atoms with E-state index in [9.17, 15) is 8.78 Å². The van der Waals surface area contributed by atoms with Crippen LogP contribution in [0.15, 0.2) is 54.4 Å². The van der Waals surface area contributed by atoms with E-state index in [0.717, 1.165) is 25.6 Å². The summed E-state index contributed by atoms with van der Waals surface area (Å²) in [6, 6.07) is 12.6. The van der Waals surface area contributed by atoms with Crippen LogP contribution >= 0.6 is 0 Å². The van der Waals surface area contributed by atoms with E-state index in [1.807, 2.05) is 24.4 Å². The van der Waals surface area contributed by atoms with E-state index in [1.54, 1.807) is 0 Å². The average molecular weight is 371 g/mol. The van der Waals surface area contributed by atoms with Gasteiger partial charge >= 0.3 is 0 Å². The number of halogens is 2. The van der Waals surface area contributed by atoms with Gasteiger partial charge in [0.1, 0.15) is 12.4 Å². The lowest BCUT2D eigenvalue weighted by molar-refractivity contribution is 0.146. The Bertz CT molecular complexity index is 826. The van der Waals surface area contributed by atoms with Crippen molar-refractivity contribution in [2.45, 2.75) is 25.4 Å². The molecule has 0 aromatic heterocycles. The Labute approximate surface area is 157 Å². The molecule has 0 aliphatic carbocycles. The van der Waals surface area contributed by atoms with Gasteiger partial charge in [-0.1, -0.05) is 30.3 Å². The quantitative estimate of drug-likeness (QED) is 0.765. The molecule has 2 N–H and O–H groups in total. The van der Waals surface area contributed by atoms with Crippen molar-refractivity contribution < 1.29 is 13.5 Å². The highest BCUT2D eigenvalue weighted by Crippen LogP contribution is 2.32. The van der Waals surface area contributed by atoms with Gasteiger partial charge < -0.3 is 20.3 Å². The molecule has 2 aliphatic heterocycles. The summed E-state index contributed by atoms with van der Waals surface area (Å²) in [5.74, 6) is -0.991. The molecule has 4 nitrogen and oxygen atoms in total. The molecule has 0 saturated carbocycles. The number of rotatable bonds is 6. The standard InChI is InChI=1S/C21H23F2N3O/c22-17-8-16-9-19(13-27-21(16)20(23)10-17)26-14-25-12-18(26)6-7-24-11-15-4-2-1-3-5-15/h1-5,8,10,12,19,24-25H,6-7,9,11,13-14H2. The Hall–Kier alpha value is -2.60. The lowest BCUT2D eigenvalue weighted by atomic mass is 10.0. The molecule has 2 aromatic rings. The molecule has 0 spiro atoms. The smallest absolute Gasteiger partial charge is 0.168 e. The van der Waals surface area contributed by atoms with Crippen LogP contribution in [0.5, 0.6) is 5.75 Å². The second-order valence-electron chi connectivity index (χ2n) is 6.92. The highest BCUT2D eigenvalue weighted by molar-refractivity contribution is 5.38. The maximum Gasteiger partial charge on any atom is 0.168 e. The largest absolute Gasteiger partial charge is 0.488 e. The first-order valence-corrected chi connectivity index (χ1v) is 9.25. The van der Waals surface area contributed by atoms with Crippen LogP contribution in [0.1, 0.15) is 17.5 Å². The summed E-state index contributed by atoms with van der Waals surface area (Å²) >= 11 is 0. The first-order valence-electron chi connectivity index (χ1n) is 9.25. The summed E-state index contributed by atoms with van der Waals surface area (Å²) in [5.41, 5.74) is 3.04. The molecule has 0 fully saturated rings. The summed E-state index contributed by atoms with van der Waals surface area (Å²) in [6.07, 6.45) is 3.47. The van der Waals surface area contributed by atoms with E-state index >= 15 is 0 Å². The van der Waals surface area contributed by atoms with Crippen LogP contribution in [0, 0.1) is 11.6 Å². The van der Waals surface area contributed by atoms with E-state index in [-0.39, 0.29) is 11.8 Å². The van der Waals surface area contributed by atoms with Crippen LogP contribution in [0.2, 0.25) is 0 Å². The van der Waals surface area contributed by atoms with Crippen LogP contribution in [0.25, 0.3) is 0 Å². The van der Waals surface area contributed by atoms with Gasteiger partial charge in [0.2, 0.25) is 0 Å². The number of fused-ring (bicyclic) bond motifs is 1. The van der Waals surface area contributed by atoms with Gasteiger partial charge in [-0.3, -0.25) is 0 Å².